The number of piperidine rings is 1. The van der Waals surface area contributed by atoms with Gasteiger partial charge >= 0.3 is 0 Å². The Morgan fingerprint density at radius 1 is 1.19 bits per heavy atom. The lowest BCUT2D eigenvalue weighted by Gasteiger charge is -2.31. The third kappa shape index (κ3) is 3.72. The van der Waals surface area contributed by atoms with Crippen molar-refractivity contribution in [3.05, 3.63) is 60.7 Å². The molecule has 1 aliphatic heterocycles. The van der Waals surface area contributed by atoms with Crippen LogP contribution >= 0.6 is 0 Å². The number of anilines is 2. The van der Waals surface area contributed by atoms with Crippen LogP contribution in [0.1, 0.15) is 18.5 Å². The summed E-state index contributed by atoms with van der Waals surface area (Å²) in [7, 11) is 0. The molecule has 0 bridgehead atoms. The van der Waals surface area contributed by atoms with E-state index in [-0.39, 0.29) is 23.4 Å². The highest BCUT2D eigenvalue weighted by Crippen LogP contribution is 2.31. The van der Waals surface area contributed by atoms with Crippen LogP contribution < -0.4 is 10.2 Å². The van der Waals surface area contributed by atoms with Gasteiger partial charge in [0.15, 0.2) is 5.76 Å². The van der Waals surface area contributed by atoms with Gasteiger partial charge in [-0.05, 0) is 37.1 Å². The summed E-state index contributed by atoms with van der Waals surface area (Å²) >= 11 is 0. The second-order valence-corrected chi connectivity index (χ2v) is 7.38. The molecule has 10 heteroatoms. The van der Waals surface area contributed by atoms with Crippen molar-refractivity contribution in [2.45, 2.75) is 12.8 Å². The third-order valence-corrected chi connectivity index (χ3v) is 5.43. The van der Waals surface area contributed by atoms with Gasteiger partial charge in [-0.15, -0.1) is 5.10 Å². The number of hydrogen-bond donors (Lipinski definition) is 1. The maximum atomic E-state index is 12.9. The van der Waals surface area contributed by atoms with Crippen LogP contribution in [-0.4, -0.2) is 39.0 Å². The summed E-state index contributed by atoms with van der Waals surface area (Å²) in [5, 5.41) is 20.3. The average Bonchev–Trinajstić information content (AvgIpc) is 3.61. The van der Waals surface area contributed by atoms with Crippen molar-refractivity contribution >= 4 is 17.5 Å². The highest BCUT2D eigenvalue weighted by molar-refractivity contribution is 5.94. The third-order valence-electron chi connectivity index (χ3n) is 5.43. The molecule has 1 amide bonds. The molecule has 1 fully saturated rings. The van der Waals surface area contributed by atoms with Gasteiger partial charge in [0, 0.05) is 19.0 Å². The Balaban J connectivity index is 1.26. The minimum absolute atomic E-state index is 0.0495. The van der Waals surface area contributed by atoms with Crippen molar-refractivity contribution < 1.29 is 13.6 Å². The predicted octanol–water partition coefficient (Wildman–Crippen LogP) is 3.24. The van der Waals surface area contributed by atoms with Crippen LogP contribution in [0, 0.1) is 17.2 Å². The maximum absolute atomic E-state index is 12.9. The lowest BCUT2D eigenvalue weighted by atomic mass is 9.95. The molecule has 1 N–H and O–H groups in total. The van der Waals surface area contributed by atoms with Crippen LogP contribution in [0.25, 0.3) is 17.3 Å². The van der Waals surface area contributed by atoms with Gasteiger partial charge in [0.1, 0.15) is 6.07 Å². The van der Waals surface area contributed by atoms with Gasteiger partial charge in [0.2, 0.25) is 17.5 Å². The van der Waals surface area contributed by atoms with E-state index in [2.05, 4.69) is 26.7 Å². The highest BCUT2D eigenvalue weighted by Gasteiger charge is 2.29. The first kappa shape index (κ1) is 19.6. The fraction of sp³-hybridized carbons (Fsp3) is 0.227. The number of benzene rings is 1. The van der Waals surface area contributed by atoms with Crippen LogP contribution in [0.5, 0.6) is 0 Å². The number of nitriles is 1. The minimum Gasteiger partial charge on any atom is -0.459 e. The molecule has 1 aliphatic rings. The van der Waals surface area contributed by atoms with Crippen molar-refractivity contribution in [1.29, 1.82) is 5.26 Å². The molecule has 1 saturated heterocycles. The van der Waals surface area contributed by atoms with E-state index >= 15 is 0 Å². The van der Waals surface area contributed by atoms with Crippen molar-refractivity contribution in [2.24, 2.45) is 5.92 Å². The van der Waals surface area contributed by atoms with Gasteiger partial charge in [0.05, 0.1) is 30.0 Å². The number of amides is 1. The molecule has 10 nitrogen and oxygen atoms in total. The van der Waals surface area contributed by atoms with Crippen LogP contribution in [0.15, 0.2) is 63.9 Å². The van der Waals surface area contributed by atoms with Crippen molar-refractivity contribution in [3.8, 4) is 23.4 Å². The standard InChI is InChI=1S/C22H19N7O3/c23-14-17-22(32-21(26-17)19-6-3-13-31-19)28-10-7-15(8-11-28)20(30)25-16-4-1-2-5-18(16)29-12-9-24-27-29/h1-6,9,12-13,15H,7-8,10-11H2,(H,25,30). The minimum atomic E-state index is -0.159. The number of hydrogen-bond acceptors (Lipinski definition) is 8. The van der Waals surface area contributed by atoms with E-state index in [4.69, 9.17) is 8.83 Å². The second-order valence-electron chi connectivity index (χ2n) is 7.38. The zero-order chi connectivity index (χ0) is 21.9. The van der Waals surface area contributed by atoms with Gasteiger partial charge < -0.3 is 19.1 Å². The summed E-state index contributed by atoms with van der Waals surface area (Å²) in [6, 6.07) is 13.0. The van der Waals surface area contributed by atoms with Crippen LogP contribution in [0.4, 0.5) is 11.6 Å². The molecule has 32 heavy (non-hydrogen) atoms. The molecule has 5 rings (SSSR count). The summed E-state index contributed by atoms with van der Waals surface area (Å²) in [4.78, 5) is 19.1. The predicted molar refractivity (Wildman–Crippen MR) is 114 cm³/mol. The number of nitrogens with one attached hydrogen (secondary N) is 1. The molecular formula is C22H19N7O3. The van der Waals surface area contributed by atoms with Crippen LogP contribution in [0.3, 0.4) is 0 Å². The molecule has 4 aromatic rings. The molecule has 1 aromatic carbocycles. The first-order chi connectivity index (χ1) is 15.7. The second kappa shape index (κ2) is 8.39. The van der Waals surface area contributed by atoms with Crippen LogP contribution in [-0.2, 0) is 4.79 Å². The average molecular weight is 429 g/mol. The van der Waals surface area contributed by atoms with E-state index in [9.17, 15) is 10.1 Å². The molecule has 4 heterocycles. The topological polar surface area (TPSA) is 126 Å². The Kier molecular flexibility index (Phi) is 5.13. The SMILES string of the molecule is N#Cc1nc(-c2ccco2)oc1N1CCC(C(=O)Nc2ccccc2-n2ccnn2)CC1. The zero-order valence-electron chi connectivity index (χ0n) is 17.0. The fourth-order valence-electron chi connectivity index (χ4n) is 3.80. The molecule has 0 saturated carbocycles. The van der Waals surface area contributed by atoms with E-state index in [0.717, 1.165) is 5.69 Å². The lowest BCUT2D eigenvalue weighted by molar-refractivity contribution is -0.120. The van der Waals surface area contributed by atoms with E-state index in [0.29, 0.717) is 43.3 Å². The van der Waals surface area contributed by atoms with E-state index in [1.54, 1.807) is 29.2 Å². The molecule has 0 spiro atoms. The molecule has 0 radical (unpaired) electrons. The Hall–Kier alpha value is -4.39. The largest absolute Gasteiger partial charge is 0.459 e. The Bertz CT molecular complexity index is 1250. The van der Waals surface area contributed by atoms with Crippen molar-refractivity contribution in [3.63, 3.8) is 0 Å². The van der Waals surface area contributed by atoms with Gasteiger partial charge in [-0.25, -0.2) is 4.68 Å². The number of aromatic nitrogens is 4. The molecule has 160 valence electrons. The molecule has 0 unspecified atom stereocenters. The maximum Gasteiger partial charge on any atom is 0.266 e. The van der Waals surface area contributed by atoms with E-state index < -0.39 is 0 Å². The summed E-state index contributed by atoms with van der Waals surface area (Å²) in [5.41, 5.74) is 1.64. The Labute approximate surface area is 183 Å². The van der Waals surface area contributed by atoms with Gasteiger partial charge in [0.25, 0.3) is 5.89 Å². The summed E-state index contributed by atoms with van der Waals surface area (Å²) in [6.45, 7) is 1.15. The normalized spacial score (nSPS) is 14.3. The molecule has 0 aliphatic carbocycles. The summed E-state index contributed by atoms with van der Waals surface area (Å²) in [6.07, 6.45) is 6.09. The first-order valence-electron chi connectivity index (χ1n) is 10.2. The van der Waals surface area contributed by atoms with Gasteiger partial charge in [-0.1, -0.05) is 17.3 Å². The summed E-state index contributed by atoms with van der Waals surface area (Å²) < 4.78 is 12.7. The first-order valence-corrected chi connectivity index (χ1v) is 10.2. The van der Waals surface area contributed by atoms with E-state index in [1.807, 2.05) is 29.2 Å². The van der Waals surface area contributed by atoms with Crippen molar-refractivity contribution in [1.82, 2.24) is 20.0 Å². The number of carbonyl (C=O) groups excluding carboxylic acids is 1. The number of furan rings is 1. The number of para-hydroxylation sites is 2. The fourth-order valence-corrected chi connectivity index (χ4v) is 3.80. The monoisotopic (exact) mass is 429 g/mol. The molecular weight excluding hydrogens is 410 g/mol. The smallest absolute Gasteiger partial charge is 0.266 e. The lowest BCUT2D eigenvalue weighted by Crippen LogP contribution is -2.38. The van der Waals surface area contributed by atoms with Crippen molar-refractivity contribution in [2.75, 3.05) is 23.3 Å². The number of oxazole rings is 1. The van der Waals surface area contributed by atoms with Gasteiger partial charge in [-0.2, -0.15) is 10.2 Å². The Morgan fingerprint density at radius 3 is 2.75 bits per heavy atom. The molecule has 3 aromatic heterocycles. The van der Waals surface area contributed by atoms with Gasteiger partial charge in [-0.3, -0.25) is 4.79 Å². The quantitative estimate of drug-likeness (QED) is 0.512. The molecule has 0 atom stereocenters. The number of carbonyl (C=O) groups is 1. The highest BCUT2D eigenvalue weighted by atomic mass is 16.4. The van der Waals surface area contributed by atoms with Crippen LogP contribution in [0.2, 0.25) is 0 Å². The Morgan fingerprint density at radius 2 is 2.03 bits per heavy atom. The van der Waals surface area contributed by atoms with E-state index in [1.165, 1.54) is 6.26 Å². The zero-order valence-corrected chi connectivity index (χ0v) is 17.0. The summed E-state index contributed by atoms with van der Waals surface area (Å²) in [5.74, 6) is 0.938. The number of rotatable bonds is 5. The number of nitrogens with zero attached hydrogens (tertiary/aromatic N) is 6.